The van der Waals surface area contributed by atoms with Crippen LogP contribution in [-0.2, 0) is 4.79 Å². The zero-order valence-corrected chi connectivity index (χ0v) is 22.3. The van der Waals surface area contributed by atoms with Crippen LogP contribution in [0.3, 0.4) is 0 Å². The summed E-state index contributed by atoms with van der Waals surface area (Å²) in [5.41, 5.74) is 1.29. The highest BCUT2D eigenvalue weighted by Crippen LogP contribution is 2.43. The number of rotatable bonds is 8. The number of aromatic nitrogens is 2. The number of aliphatic carboxylic acids is 1. The van der Waals surface area contributed by atoms with Crippen LogP contribution in [0.15, 0.2) is 59.1 Å². The van der Waals surface area contributed by atoms with E-state index >= 15 is 0 Å². The smallest absolute Gasteiger partial charge is 0.479 e. The Labute approximate surface area is 234 Å². The van der Waals surface area contributed by atoms with Gasteiger partial charge in [-0.25, -0.2) is 4.79 Å². The fraction of sp³-hybridized carbons (Fsp3) is 0.185. The molecule has 0 saturated heterocycles. The number of nitrogens with zero attached hydrogens (tertiary/aromatic N) is 2. The molecule has 0 aliphatic heterocycles. The summed E-state index contributed by atoms with van der Waals surface area (Å²) in [6.07, 6.45) is -5.81. The van der Waals surface area contributed by atoms with Crippen molar-refractivity contribution in [3.63, 3.8) is 0 Å². The van der Waals surface area contributed by atoms with E-state index in [4.69, 9.17) is 37.2 Å². The molecule has 0 radical (unpaired) electrons. The lowest BCUT2D eigenvalue weighted by Crippen LogP contribution is -2.25. The molecule has 13 heteroatoms. The minimum absolute atomic E-state index is 0.0838. The molecule has 3 aromatic carbocycles. The lowest BCUT2D eigenvalue weighted by Gasteiger charge is -2.15. The molecule has 0 unspecified atom stereocenters. The normalized spacial score (nSPS) is 12.6. The van der Waals surface area contributed by atoms with Crippen LogP contribution >= 0.6 is 23.2 Å². The highest BCUT2D eigenvalue weighted by molar-refractivity contribution is 6.32. The summed E-state index contributed by atoms with van der Waals surface area (Å²) in [7, 11) is 0. The molecule has 8 nitrogen and oxygen atoms in total. The van der Waals surface area contributed by atoms with Crippen LogP contribution in [0.2, 0.25) is 10.0 Å². The Morgan fingerprint density at radius 2 is 1.82 bits per heavy atom. The molecule has 0 aliphatic carbocycles. The van der Waals surface area contributed by atoms with Crippen LogP contribution in [0.4, 0.5) is 13.2 Å². The first-order valence-electron chi connectivity index (χ1n) is 11.8. The summed E-state index contributed by atoms with van der Waals surface area (Å²) < 4.78 is 62.1. The Morgan fingerprint density at radius 1 is 1.07 bits per heavy atom. The van der Waals surface area contributed by atoms with E-state index in [9.17, 15) is 23.1 Å². The first-order chi connectivity index (χ1) is 18.9. The van der Waals surface area contributed by atoms with Gasteiger partial charge in [0.15, 0.2) is 23.3 Å². The molecule has 2 aromatic heterocycles. The molecule has 1 atom stereocenters. The van der Waals surface area contributed by atoms with Crippen molar-refractivity contribution in [3.05, 3.63) is 70.3 Å². The molecule has 0 bridgehead atoms. The topological polar surface area (TPSA) is 96.0 Å². The molecule has 2 heterocycles. The van der Waals surface area contributed by atoms with Crippen molar-refractivity contribution < 1.29 is 41.8 Å². The van der Waals surface area contributed by atoms with Gasteiger partial charge in [0.2, 0.25) is 0 Å². The summed E-state index contributed by atoms with van der Waals surface area (Å²) in [5, 5.41) is 15.0. The van der Waals surface area contributed by atoms with Crippen LogP contribution in [0.5, 0.6) is 23.0 Å². The van der Waals surface area contributed by atoms with Crippen molar-refractivity contribution in [3.8, 4) is 28.8 Å². The molecule has 5 rings (SSSR count). The third-order valence-corrected chi connectivity index (χ3v) is 6.56. The zero-order chi connectivity index (χ0) is 28.8. The second-order valence-corrected chi connectivity index (χ2v) is 9.51. The summed E-state index contributed by atoms with van der Waals surface area (Å²) in [6.45, 7) is 3.34. The summed E-state index contributed by atoms with van der Waals surface area (Å²) >= 11 is 12.5. The quantitative estimate of drug-likeness (QED) is 0.193. The van der Waals surface area contributed by atoms with E-state index in [1.807, 2.05) is 0 Å². The van der Waals surface area contributed by atoms with E-state index in [2.05, 4.69) is 9.89 Å². The monoisotopic (exact) mass is 594 g/mol. The lowest BCUT2D eigenvalue weighted by atomic mass is 10.2. The Hall–Kier alpha value is -4.09. The van der Waals surface area contributed by atoms with Crippen LogP contribution in [0.1, 0.15) is 19.0 Å². The molecule has 0 spiro atoms. The number of carbonyl (C=O) groups is 1. The molecule has 0 aliphatic rings. The van der Waals surface area contributed by atoms with Gasteiger partial charge < -0.3 is 23.8 Å². The van der Waals surface area contributed by atoms with E-state index in [0.717, 1.165) is 0 Å². The van der Waals surface area contributed by atoms with Crippen LogP contribution in [0, 0.1) is 6.92 Å². The number of carboxylic acid groups (broad SMARTS) is 1. The fourth-order valence-corrected chi connectivity index (χ4v) is 4.56. The van der Waals surface area contributed by atoms with E-state index in [-0.39, 0.29) is 34.1 Å². The third-order valence-electron chi connectivity index (χ3n) is 6.02. The first-order valence-corrected chi connectivity index (χ1v) is 12.5. The second kappa shape index (κ2) is 10.5. The highest BCUT2D eigenvalue weighted by atomic mass is 35.5. The Bertz CT molecular complexity index is 1750. The number of fused-ring (bicyclic) bond motifs is 2. The minimum atomic E-state index is -4.91. The Kier molecular flexibility index (Phi) is 7.19. The molecule has 0 saturated carbocycles. The van der Waals surface area contributed by atoms with Crippen LogP contribution in [0.25, 0.3) is 27.7 Å². The van der Waals surface area contributed by atoms with Gasteiger partial charge in [-0.3, -0.25) is 4.57 Å². The number of halogens is 5. The lowest BCUT2D eigenvalue weighted by molar-refractivity contribution is -0.274. The Balaban J connectivity index is 1.66. The summed E-state index contributed by atoms with van der Waals surface area (Å²) in [6, 6.07) is 13.1. The molecule has 0 amide bonds. The molecule has 208 valence electrons. The SMILES string of the molecule is CC[C@@H](Oc1ccc(Cl)c(Oc2c(C)n(-c3noc4cc(Cl)ccc34)c3ccc(OC(F)(F)F)cc23)c1)C(=O)O. The van der Waals surface area contributed by atoms with E-state index in [1.165, 1.54) is 36.4 Å². The van der Waals surface area contributed by atoms with Crippen molar-refractivity contribution in [2.45, 2.75) is 32.7 Å². The van der Waals surface area contributed by atoms with Gasteiger partial charge in [0, 0.05) is 22.5 Å². The van der Waals surface area contributed by atoms with E-state index in [0.29, 0.717) is 33.0 Å². The van der Waals surface area contributed by atoms with Gasteiger partial charge in [0.25, 0.3) is 0 Å². The number of carboxylic acids is 1. The van der Waals surface area contributed by atoms with Gasteiger partial charge >= 0.3 is 12.3 Å². The number of hydrogen-bond donors (Lipinski definition) is 1. The third kappa shape index (κ3) is 5.34. The Morgan fingerprint density at radius 3 is 2.52 bits per heavy atom. The number of alkyl halides is 3. The zero-order valence-electron chi connectivity index (χ0n) is 20.8. The predicted octanol–water partition coefficient (Wildman–Crippen LogP) is 8.32. The highest BCUT2D eigenvalue weighted by Gasteiger charge is 2.32. The minimum Gasteiger partial charge on any atom is -0.479 e. The maximum absolute atomic E-state index is 13.0. The van der Waals surface area contributed by atoms with Gasteiger partial charge in [-0.05, 0) is 55.8 Å². The van der Waals surface area contributed by atoms with Gasteiger partial charge in [0.05, 0.1) is 21.6 Å². The molecular formula is C27H19Cl2F3N2O6. The fourth-order valence-electron chi connectivity index (χ4n) is 4.25. The number of ether oxygens (including phenoxy) is 3. The number of benzene rings is 3. The van der Waals surface area contributed by atoms with Crippen LogP contribution < -0.4 is 14.2 Å². The maximum Gasteiger partial charge on any atom is 0.573 e. The maximum atomic E-state index is 13.0. The van der Waals surface area contributed by atoms with E-state index in [1.54, 1.807) is 36.6 Å². The van der Waals surface area contributed by atoms with Crippen LogP contribution in [-0.4, -0.2) is 33.3 Å². The molecule has 1 N–H and O–H groups in total. The largest absolute Gasteiger partial charge is 0.573 e. The number of hydrogen-bond acceptors (Lipinski definition) is 6. The first kappa shape index (κ1) is 27.5. The van der Waals surface area contributed by atoms with Crippen molar-refractivity contribution in [1.82, 2.24) is 9.72 Å². The van der Waals surface area contributed by atoms with Crippen molar-refractivity contribution in [2.24, 2.45) is 0 Å². The van der Waals surface area contributed by atoms with Crippen molar-refractivity contribution >= 4 is 51.0 Å². The summed E-state index contributed by atoms with van der Waals surface area (Å²) in [4.78, 5) is 11.4. The van der Waals surface area contributed by atoms with Gasteiger partial charge in [-0.1, -0.05) is 35.3 Å². The molecular weight excluding hydrogens is 576 g/mol. The summed E-state index contributed by atoms with van der Waals surface area (Å²) in [5.74, 6) is -0.844. The van der Waals surface area contributed by atoms with Crippen molar-refractivity contribution in [1.29, 1.82) is 0 Å². The average molecular weight is 595 g/mol. The average Bonchev–Trinajstić information content (AvgIpc) is 3.40. The second-order valence-electron chi connectivity index (χ2n) is 8.67. The predicted molar refractivity (Wildman–Crippen MR) is 141 cm³/mol. The van der Waals surface area contributed by atoms with Gasteiger partial charge in [0.1, 0.15) is 17.2 Å². The molecule has 5 aromatic rings. The standard InChI is InChI=1S/C27H19Cl2F3N2O6/c1-3-21(26(35)36)37-15-5-8-19(29)23(12-15)38-24-13(2)34(25-17-7-4-14(28)10-22(17)40-33-25)20-9-6-16(11-18(20)24)39-27(30,31)32/h4-12,21H,3H2,1-2H3,(H,35,36)/t21-/m1/s1. The van der Waals surface area contributed by atoms with Crippen molar-refractivity contribution in [2.75, 3.05) is 0 Å². The van der Waals surface area contributed by atoms with Gasteiger partial charge in [-0.2, -0.15) is 0 Å². The van der Waals surface area contributed by atoms with E-state index < -0.39 is 24.2 Å². The molecule has 40 heavy (non-hydrogen) atoms. The molecule has 0 fully saturated rings. The van der Waals surface area contributed by atoms with Gasteiger partial charge in [-0.15, -0.1) is 13.2 Å².